The Morgan fingerprint density at radius 3 is 2.21 bits per heavy atom. The van der Waals surface area contributed by atoms with E-state index in [0.717, 1.165) is 43.6 Å². The van der Waals surface area contributed by atoms with E-state index in [1.807, 2.05) is 6.07 Å². The van der Waals surface area contributed by atoms with Crippen LogP contribution in [0.2, 0.25) is 0 Å². The minimum absolute atomic E-state index is 0.148. The molecule has 1 aliphatic heterocycles. The van der Waals surface area contributed by atoms with Gasteiger partial charge in [-0.3, -0.25) is 15.2 Å². The number of allylic oxidation sites excluding steroid dienone is 2. The molecular formula is C35H43N5O7. The van der Waals surface area contributed by atoms with Gasteiger partial charge >= 0.3 is 11.9 Å². The summed E-state index contributed by atoms with van der Waals surface area (Å²) in [5.74, 6) is -1.58. The van der Waals surface area contributed by atoms with Gasteiger partial charge < -0.3 is 24.4 Å². The van der Waals surface area contributed by atoms with E-state index in [-0.39, 0.29) is 23.4 Å². The van der Waals surface area contributed by atoms with Gasteiger partial charge in [0.25, 0.3) is 5.69 Å². The second-order valence-electron chi connectivity index (χ2n) is 11.2. The van der Waals surface area contributed by atoms with Crippen molar-refractivity contribution in [1.29, 1.82) is 0 Å². The summed E-state index contributed by atoms with van der Waals surface area (Å²) in [6, 6.07) is 16.2. The van der Waals surface area contributed by atoms with Gasteiger partial charge in [0, 0.05) is 48.4 Å². The second kappa shape index (κ2) is 16.4. The molecule has 3 aromatic rings. The predicted octanol–water partition coefficient (Wildman–Crippen LogP) is 6.42. The highest BCUT2D eigenvalue weighted by Crippen LogP contribution is 2.40. The van der Waals surface area contributed by atoms with Crippen LogP contribution in [0, 0.1) is 10.1 Å². The average molecular weight is 646 g/mol. The number of ether oxygens (including phenoxy) is 3. The third kappa shape index (κ3) is 8.57. The van der Waals surface area contributed by atoms with Crippen molar-refractivity contribution >= 4 is 23.3 Å². The molecule has 1 unspecified atom stereocenters. The molecular weight excluding hydrogens is 602 g/mol. The number of methoxy groups -OCH3 is 1. The van der Waals surface area contributed by atoms with Crippen molar-refractivity contribution < 1.29 is 28.7 Å². The Hall–Kier alpha value is -5.13. The molecule has 12 heteroatoms. The number of nitrogens with one attached hydrogen (secondary N) is 2. The zero-order valence-corrected chi connectivity index (χ0v) is 27.6. The van der Waals surface area contributed by atoms with E-state index in [9.17, 15) is 19.7 Å². The van der Waals surface area contributed by atoms with Gasteiger partial charge in [0.05, 0.1) is 48.0 Å². The lowest BCUT2D eigenvalue weighted by molar-refractivity contribution is -0.384. The zero-order valence-electron chi connectivity index (χ0n) is 27.6. The van der Waals surface area contributed by atoms with Crippen LogP contribution in [0.25, 0.3) is 11.3 Å². The van der Waals surface area contributed by atoms with Crippen molar-refractivity contribution in [3.8, 4) is 17.1 Å². The van der Waals surface area contributed by atoms with Crippen molar-refractivity contribution in [1.82, 2.24) is 15.5 Å². The molecule has 2 heterocycles. The Balaban J connectivity index is 1.26. The molecule has 0 amide bonds. The first-order chi connectivity index (χ1) is 22.7. The Labute approximate surface area is 274 Å². The minimum Gasteiger partial charge on any atom is -0.477 e. The van der Waals surface area contributed by atoms with E-state index in [1.165, 1.54) is 31.0 Å². The van der Waals surface area contributed by atoms with Gasteiger partial charge in [-0.15, -0.1) is 5.10 Å². The standard InChI is InChI=1S/C35H43N5O7/c1-6-39(7-2)27-17-15-25(16-18-27)29-22-30(38-37-29)46-19-10-8-9-11-20-47-35(42)32-24(4)36-23(3)31(34(41)45-5)33(32)26-13-12-14-28(21-26)40(43)44/h12-18,21-22,33,36H,6-11,19-20H2,1-5H3,(H,37,38). The SMILES string of the molecule is CCN(CC)c1ccc(-c2cc(OCCCCCCOC(=O)C3=C(C)NC(C)=C(C(=O)OC)C3c3cccc([N+](=O)[O-])c3)n[nH]2)cc1. The number of carbonyl (C=O) groups excluding carboxylic acids is 2. The fourth-order valence-electron chi connectivity index (χ4n) is 5.74. The molecule has 1 aliphatic rings. The number of H-pyrrole nitrogens is 1. The summed E-state index contributed by atoms with van der Waals surface area (Å²) in [6.07, 6.45) is 3.14. The number of nitro groups is 1. The lowest BCUT2D eigenvalue weighted by Crippen LogP contribution is -2.32. The number of aromatic amines is 1. The maximum atomic E-state index is 13.4. The van der Waals surface area contributed by atoms with Gasteiger partial charge in [-0.25, -0.2) is 9.59 Å². The maximum absolute atomic E-state index is 13.4. The van der Waals surface area contributed by atoms with Crippen LogP contribution in [-0.4, -0.2) is 60.5 Å². The molecule has 47 heavy (non-hydrogen) atoms. The molecule has 0 saturated heterocycles. The van der Waals surface area contributed by atoms with Crippen LogP contribution in [0.4, 0.5) is 11.4 Å². The number of carbonyl (C=O) groups is 2. The highest BCUT2D eigenvalue weighted by Gasteiger charge is 2.38. The first-order valence-electron chi connectivity index (χ1n) is 15.9. The Kier molecular flexibility index (Phi) is 12.1. The average Bonchev–Trinajstić information content (AvgIpc) is 3.55. The van der Waals surface area contributed by atoms with Gasteiger partial charge in [-0.1, -0.05) is 24.3 Å². The molecule has 1 aromatic heterocycles. The predicted molar refractivity (Wildman–Crippen MR) is 179 cm³/mol. The molecule has 4 rings (SSSR count). The monoisotopic (exact) mass is 645 g/mol. The van der Waals surface area contributed by atoms with Crippen LogP contribution < -0.4 is 15.0 Å². The van der Waals surface area contributed by atoms with Crippen LogP contribution >= 0.6 is 0 Å². The first-order valence-corrected chi connectivity index (χ1v) is 15.9. The van der Waals surface area contributed by atoms with E-state index >= 15 is 0 Å². The summed E-state index contributed by atoms with van der Waals surface area (Å²) in [4.78, 5) is 39.4. The van der Waals surface area contributed by atoms with E-state index in [4.69, 9.17) is 14.2 Å². The van der Waals surface area contributed by atoms with Gasteiger partial charge in [0.1, 0.15) is 0 Å². The molecule has 250 valence electrons. The number of non-ortho nitro benzene ring substituents is 1. The summed E-state index contributed by atoms with van der Waals surface area (Å²) in [6.45, 7) is 10.3. The third-order valence-corrected chi connectivity index (χ3v) is 8.18. The molecule has 2 N–H and O–H groups in total. The highest BCUT2D eigenvalue weighted by atomic mass is 16.6. The molecule has 0 radical (unpaired) electrons. The molecule has 2 aromatic carbocycles. The van der Waals surface area contributed by atoms with Crippen LogP contribution in [0.1, 0.15) is 64.9 Å². The molecule has 0 saturated carbocycles. The number of dihydropyridines is 1. The van der Waals surface area contributed by atoms with Crippen molar-refractivity contribution in [3.05, 3.63) is 92.8 Å². The van der Waals surface area contributed by atoms with Crippen molar-refractivity contribution in [2.75, 3.05) is 38.3 Å². The largest absolute Gasteiger partial charge is 0.477 e. The quantitative estimate of drug-likeness (QED) is 0.0773. The van der Waals surface area contributed by atoms with Gasteiger partial charge in [0.15, 0.2) is 0 Å². The summed E-state index contributed by atoms with van der Waals surface area (Å²) < 4.78 is 16.5. The number of anilines is 1. The number of benzene rings is 2. The van der Waals surface area contributed by atoms with Gasteiger partial charge in [-0.05, 0) is 76.6 Å². The lowest BCUT2D eigenvalue weighted by Gasteiger charge is -2.30. The van der Waals surface area contributed by atoms with Crippen molar-refractivity contribution in [3.63, 3.8) is 0 Å². The topological polar surface area (TPSA) is 149 Å². The summed E-state index contributed by atoms with van der Waals surface area (Å²) >= 11 is 0. The minimum atomic E-state index is -0.886. The van der Waals surface area contributed by atoms with Gasteiger partial charge in [0.2, 0.25) is 5.88 Å². The van der Waals surface area contributed by atoms with Crippen molar-refractivity contribution in [2.24, 2.45) is 0 Å². The number of unbranched alkanes of at least 4 members (excludes halogenated alkanes) is 3. The van der Waals surface area contributed by atoms with E-state index in [2.05, 4.69) is 58.5 Å². The van der Waals surface area contributed by atoms with Crippen LogP contribution in [0.3, 0.4) is 0 Å². The van der Waals surface area contributed by atoms with Crippen LogP contribution in [-0.2, 0) is 19.1 Å². The van der Waals surface area contributed by atoms with E-state index in [1.54, 1.807) is 19.9 Å². The Morgan fingerprint density at radius 2 is 1.57 bits per heavy atom. The number of nitrogens with zero attached hydrogens (tertiary/aromatic N) is 3. The summed E-state index contributed by atoms with van der Waals surface area (Å²) in [5.41, 5.74) is 4.81. The lowest BCUT2D eigenvalue weighted by atomic mass is 9.80. The molecule has 12 nitrogen and oxygen atoms in total. The zero-order chi connectivity index (χ0) is 33.9. The van der Waals surface area contributed by atoms with E-state index in [0.29, 0.717) is 35.9 Å². The fourth-order valence-corrected chi connectivity index (χ4v) is 5.74. The molecule has 1 atom stereocenters. The number of esters is 2. The van der Waals surface area contributed by atoms with E-state index < -0.39 is 22.8 Å². The van der Waals surface area contributed by atoms with Gasteiger partial charge in [-0.2, -0.15) is 0 Å². The molecule has 0 bridgehead atoms. The fraction of sp³-hybridized carbons (Fsp3) is 0.400. The smallest absolute Gasteiger partial charge is 0.336 e. The molecule has 0 aliphatic carbocycles. The maximum Gasteiger partial charge on any atom is 0.336 e. The molecule has 0 spiro atoms. The third-order valence-electron chi connectivity index (χ3n) is 8.18. The molecule has 0 fully saturated rings. The Bertz CT molecular complexity index is 1620. The number of hydrogen-bond donors (Lipinski definition) is 2. The summed E-state index contributed by atoms with van der Waals surface area (Å²) in [7, 11) is 1.25. The van der Waals surface area contributed by atoms with Crippen LogP contribution in [0.15, 0.2) is 77.1 Å². The number of aromatic nitrogens is 2. The van der Waals surface area contributed by atoms with Crippen molar-refractivity contribution in [2.45, 2.75) is 59.3 Å². The van der Waals surface area contributed by atoms with Crippen LogP contribution in [0.5, 0.6) is 5.88 Å². The normalized spacial score (nSPS) is 14.4. The second-order valence-corrected chi connectivity index (χ2v) is 11.2. The number of hydrogen-bond acceptors (Lipinski definition) is 10. The summed E-state index contributed by atoms with van der Waals surface area (Å²) in [5, 5.41) is 21.9. The number of nitro benzene ring substituents is 1. The first kappa shape index (κ1) is 34.7. The Morgan fingerprint density at radius 1 is 0.915 bits per heavy atom. The number of rotatable bonds is 16. The highest BCUT2D eigenvalue weighted by molar-refractivity contribution is 5.99.